The zero-order chi connectivity index (χ0) is 16.3. The molecule has 8 heteroatoms. The number of pyridine rings is 1. The van der Waals surface area contributed by atoms with Crippen LogP contribution in [0.2, 0.25) is 0 Å². The van der Waals surface area contributed by atoms with Gasteiger partial charge in [-0.05, 0) is 52.3 Å². The highest BCUT2D eigenvalue weighted by atomic mass is 79.9. The van der Waals surface area contributed by atoms with Crippen LogP contribution in [0.4, 0.5) is 23.7 Å². The third-order valence-corrected chi connectivity index (χ3v) is 3.37. The lowest BCUT2D eigenvalue weighted by Gasteiger charge is -2.17. The van der Waals surface area contributed by atoms with Crippen LogP contribution in [0.25, 0.3) is 0 Å². The summed E-state index contributed by atoms with van der Waals surface area (Å²) in [7, 11) is 1.39. The van der Waals surface area contributed by atoms with Crippen molar-refractivity contribution in [1.29, 1.82) is 0 Å². The summed E-state index contributed by atoms with van der Waals surface area (Å²) in [6, 6.07) is 7.48. The summed E-state index contributed by atoms with van der Waals surface area (Å²) >= 11 is 3.18. The Labute approximate surface area is 132 Å². The standard InChI is InChI=1S/C14H10BrF3N2O2/c1-20(10-6-4-9(5-7-10)14(16,17)18)13(21)22-12-11(15)3-2-8-19-12/h2-8H,1H3. The maximum absolute atomic E-state index is 12.5. The van der Waals surface area contributed by atoms with Crippen molar-refractivity contribution < 1.29 is 22.7 Å². The van der Waals surface area contributed by atoms with Crippen molar-refractivity contribution in [2.24, 2.45) is 0 Å². The van der Waals surface area contributed by atoms with Crippen molar-refractivity contribution in [1.82, 2.24) is 4.98 Å². The third kappa shape index (κ3) is 3.76. The molecule has 0 saturated carbocycles. The molecule has 2 aromatic rings. The lowest BCUT2D eigenvalue weighted by atomic mass is 10.2. The largest absolute Gasteiger partial charge is 0.420 e. The summed E-state index contributed by atoms with van der Waals surface area (Å²) in [4.78, 5) is 16.9. The highest BCUT2D eigenvalue weighted by molar-refractivity contribution is 9.10. The molecule has 116 valence electrons. The second kappa shape index (κ2) is 6.35. The summed E-state index contributed by atoms with van der Waals surface area (Å²) < 4.78 is 43.0. The van der Waals surface area contributed by atoms with E-state index in [1.807, 2.05) is 0 Å². The lowest BCUT2D eigenvalue weighted by molar-refractivity contribution is -0.137. The van der Waals surface area contributed by atoms with Gasteiger partial charge in [0.25, 0.3) is 0 Å². The first-order valence-corrected chi connectivity index (χ1v) is 6.81. The average Bonchev–Trinajstić information content (AvgIpc) is 2.48. The van der Waals surface area contributed by atoms with Gasteiger partial charge in [-0.15, -0.1) is 0 Å². The maximum Gasteiger partial charge on any atom is 0.420 e. The van der Waals surface area contributed by atoms with E-state index in [1.165, 1.54) is 25.4 Å². The Bertz CT molecular complexity index is 675. The molecule has 0 fully saturated rings. The van der Waals surface area contributed by atoms with Crippen LogP contribution in [0.1, 0.15) is 5.56 Å². The highest BCUT2D eigenvalue weighted by Crippen LogP contribution is 2.30. The Morgan fingerprint density at radius 3 is 2.41 bits per heavy atom. The number of rotatable bonds is 2. The smallest absolute Gasteiger partial charge is 0.390 e. The van der Waals surface area contributed by atoms with Crippen LogP contribution in [0.3, 0.4) is 0 Å². The number of aromatic nitrogens is 1. The topological polar surface area (TPSA) is 42.4 Å². The van der Waals surface area contributed by atoms with Crippen LogP contribution < -0.4 is 9.64 Å². The summed E-state index contributed by atoms with van der Waals surface area (Å²) in [6.07, 6.45) is -3.73. The van der Waals surface area contributed by atoms with E-state index in [-0.39, 0.29) is 11.6 Å². The van der Waals surface area contributed by atoms with Crippen LogP contribution in [0.5, 0.6) is 5.88 Å². The summed E-state index contributed by atoms with van der Waals surface area (Å²) in [5, 5.41) is 0. The number of anilines is 1. The van der Waals surface area contributed by atoms with E-state index >= 15 is 0 Å². The molecule has 4 nitrogen and oxygen atoms in total. The van der Waals surface area contributed by atoms with E-state index in [9.17, 15) is 18.0 Å². The third-order valence-electron chi connectivity index (χ3n) is 2.76. The van der Waals surface area contributed by atoms with Gasteiger partial charge in [0.15, 0.2) is 0 Å². The molecule has 0 radical (unpaired) electrons. The molecule has 0 saturated heterocycles. The lowest BCUT2D eigenvalue weighted by Crippen LogP contribution is -2.29. The fourth-order valence-electron chi connectivity index (χ4n) is 1.58. The maximum atomic E-state index is 12.5. The van der Waals surface area contributed by atoms with E-state index in [0.717, 1.165) is 17.0 Å². The minimum absolute atomic E-state index is 0.0752. The van der Waals surface area contributed by atoms with Crippen LogP contribution >= 0.6 is 15.9 Å². The molecule has 0 spiro atoms. The molecule has 22 heavy (non-hydrogen) atoms. The predicted molar refractivity (Wildman–Crippen MR) is 77.8 cm³/mol. The zero-order valence-corrected chi connectivity index (χ0v) is 12.9. The van der Waals surface area contributed by atoms with E-state index in [1.54, 1.807) is 12.1 Å². The number of ether oxygens (including phenoxy) is 1. The van der Waals surface area contributed by atoms with Crippen molar-refractivity contribution in [3.05, 3.63) is 52.6 Å². The number of hydrogen-bond acceptors (Lipinski definition) is 3. The Morgan fingerprint density at radius 2 is 1.86 bits per heavy atom. The van der Waals surface area contributed by atoms with E-state index in [2.05, 4.69) is 20.9 Å². The molecule has 0 unspecified atom stereocenters. The quantitative estimate of drug-likeness (QED) is 0.777. The van der Waals surface area contributed by atoms with Gasteiger partial charge in [-0.2, -0.15) is 13.2 Å². The molecule has 0 N–H and O–H groups in total. The van der Waals surface area contributed by atoms with Gasteiger partial charge in [0.05, 0.1) is 10.0 Å². The molecular weight excluding hydrogens is 365 g/mol. The van der Waals surface area contributed by atoms with Gasteiger partial charge < -0.3 is 4.74 Å². The molecule has 2 rings (SSSR count). The van der Waals surface area contributed by atoms with Crippen molar-refractivity contribution in [2.45, 2.75) is 6.18 Å². The highest BCUT2D eigenvalue weighted by Gasteiger charge is 2.30. The molecule has 1 aromatic carbocycles. The average molecular weight is 375 g/mol. The van der Waals surface area contributed by atoms with Gasteiger partial charge in [0, 0.05) is 18.9 Å². The Kier molecular flexibility index (Phi) is 4.70. The van der Waals surface area contributed by atoms with Crippen molar-refractivity contribution in [3.63, 3.8) is 0 Å². The first-order chi connectivity index (χ1) is 10.3. The van der Waals surface area contributed by atoms with Crippen LogP contribution in [-0.2, 0) is 6.18 Å². The molecule has 0 aliphatic heterocycles. The van der Waals surface area contributed by atoms with Gasteiger partial charge in [-0.1, -0.05) is 0 Å². The van der Waals surface area contributed by atoms with Gasteiger partial charge in [0.2, 0.25) is 5.88 Å². The molecule has 1 amide bonds. The molecule has 0 aliphatic carbocycles. The number of benzene rings is 1. The van der Waals surface area contributed by atoms with Crippen molar-refractivity contribution in [2.75, 3.05) is 11.9 Å². The van der Waals surface area contributed by atoms with Gasteiger partial charge in [-0.25, -0.2) is 9.78 Å². The Morgan fingerprint density at radius 1 is 1.23 bits per heavy atom. The zero-order valence-electron chi connectivity index (χ0n) is 11.3. The Hall–Kier alpha value is -2.09. The summed E-state index contributed by atoms with van der Waals surface area (Å²) in [6.45, 7) is 0. The number of carbonyl (C=O) groups excluding carboxylic acids is 1. The second-order valence-electron chi connectivity index (χ2n) is 4.26. The van der Waals surface area contributed by atoms with Gasteiger partial charge in [0.1, 0.15) is 0 Å². The minimum Gasteiger partial charge on any atom is -0.390 e. The second-order valence-corrected chi connectivity index (χ2v) is 5.12. The number of hydrogen-bond donors (Lipinski definition) is 0. The molecular formula is C14H10BrF3N2O2. The molecule has 1 heterocycles. The SMILES string of the molecule is CN(C(=O)Oc1ncccc1Br)c1ccc(C(F)(F)F)cc1. The van der Waals surface area contributed by atoms with Crippen LogP contribution in [0.15, 0.2) is 47.1 Å². The van der Waals surface area contributed by atoms with Crippen LogP contribution in [0, 0.1) is 0 Å². The van der Waals surface area contributed by atoms with Crippen molar-refractivity contribution in [3.8, 4) is 5.88 Å². The minimum atomic E-state index is -4.42. The molecule has 1 aromatic heterocycles. The number of halogens is 4. The van der Waals surface area contributed by atoms with E-state index < -0.39 is 17.8 Å². The van der Waals surface area contributed by atoms with Gasteiger partial charge in [-0.3, -0.25) is 4.90 Å². The number of carbonyl (C=O) groups is 1. The molecule has 0 bridgehead atoms. The normalized spacial score (nSPS) is 11.1. The fourth-order valence-corrected chi connectivity index (χ4v) is 1.91. The predicted octanol–water partition coefficient (Wildman–Crippen LogP) is 4.50. The number of amides is 1. The summed E-state index contributed by atoms with van der Waals surface area (Å²) in [5.74, 6) is 0.0752. The fraction of sp³-hybridized carbons (Fsp3) is 0.143. The molecule has 0 atom stereocenters. The monoisotopic (exact) mass is 374 g/mol. The number of alkyl halides is 3. The Balaban J connectivity index is 2.12. The van der Waals surface area contributed by atoms with Gasteiger partial charge >= 0.3 is 12.3 Å². The first-order valence-electron chi connectivity index (χ1n) is 6.02. The molecule has 0 aliphatic rings. The van der Waals surface area contributed by atoms with E-state index in [4.69, 9.17) is 4.74 Å². The summed E-state index contributed by atoms with van der Waals surface area (Å²) in [5.41, 5.74) is -0.518. The number of nitrogens with zero attached hydrogens (tertiary/aromatic N) is 2. The van der Waals surface area contributed by atoms with Crippen LogP contribution in [-0.4, -0.2) is 18.1 Å². The first kappa shape index (κ1) is 16.3. The van der Waals surface area contributed by atoms with Crippen molar-refractivity contribution >= 4 is 27.7 Å². The van der Waals surface area contributed by atoms with E-state index in [0.29, 0.717) is 4.47 Å².